The highest BCUT2D eigenvalue weighted by molar-refractivity contribution is 7.47. The maximum atomic E-state index is 13.0. The molecule has 0 heterocycles. The van der Waals surface area contributed by atoms with E-state index in [1.165, 1.54) is 148 Å². The fraction of sp³-hybridized carbons (Fsp3) is 0.750. The van der Waals surface area contributed by atoms with Gasteiger partial charge in [0.2, 0.25) is 5.91 Å². The van der Waals surface area contributed by atoms with Gasteiger partial charge in [-0.25, -0.2) is 4.57 Å². The molecule has 3 unspecified atom stereocenters. The number of quaternary nitrogens is 1. The van der Waals surface area contributed by atoms with Gasteiger partial charge in [-0.15, -0.1) is 0 Å². The number of hydrogen-bond acceptors (Lipinski definition) is 5. The van der Waals surface area contributed by atoms with Crippen LogP contribution >= 0.6 is 7.82 Å². The number of likely N-dealkylation sites (N-methyl/N-ethyl adjacent to an activating group) is 1. The standard InChI is InChI=1S/C60H109N2O6P/c1-6-8-10-12-14-16-18-20-22-24-26-28-30-31-32-34-36-38-40-42-44-46-48-50-52-54-60(64)61-58(57-68-69(65,66)67-56-55-62(3,4)5)59(63)53-51-49-47-45-43-41-39-37-35-33-29-27-25-23-21-19-17-15-13-11-9-7-2/h8,10,14,16,20,22,26,28,35,37,43,45,51,53,58-59,63H,6-7,9,11-13,15,17-19,21,23-25,27,29-34,36,38-42,44,46-50,52,54-57H2,1-5H3,(H-,61,64,65,66)/p+1/b10-8-,16-14-,22-20-,28-26-,37-35+,45-43+,53-51+. The van der Waals surface area contributed by atoms with Crippen molar-refractivity contribution in [3.63, 3.8) is 0 Å². The van der Waals surface area contributed by atoms with Crippen LogP contribution in [0.25, 0.3) is 0 Å². The number of nitrogens with zero attached hydrogens (tertiary/aromatic N) is 1. The number of aliphatic hydroxyl groups excluding tert-OH is 1. The Kier molecular flexibility index (Phi) is 48.9. The Labute approximate surface area is 426 Å². The van der Waals surface area contributed by atoms with E-state index in [9.17, 15) is 19.4 Å². The number of aliphatic hydroxyl groups is 1. The van der Waals surface area contributed by atoms with E-state index in [2.05, 4.69) is 92.1 Å². The van der Waals surface area contributed by atoms with E-state index in [0.717, 1.165) is 70.6 Å². The van der Waals surface area contributed by atoms with E-state index in [1.54, 1.807) is 6.08 Å². The third-order valence-electron chi connectivity index (χ3n) is 12.3. The van der Waals surface area contributed by atoms with Crippen molar-refractivity contribution in [1.82, 2.24) is 5.32 Å². The van der Waals surface area contributed by atoms with Crippen molar-refractivity contribution in [3.8, 4) is 0 Å². The van der Waals surface area contributed by atoms with Crippen LogP contribution in [0.3, 0.4) is 0 Å². The number of carbonyl (C=O) groups excluding carboxylic acids is 1. The maximum absolute atomic E-state index is 13.0. The summed E-state index contributed by atoms with van der Waals surface area (Å²) < 4.78 is 23.7. The monoisotopic (exact) mass is 986 g/mol. The molecule has 8 nitrogen and oxygen atoms in total. The van der Waals surface area contributed by atoms with Crippen molar-refractivity contribution in [3.05, 3.63) is 85.1 Å². The topological polar surface area (TPSA) is 105 Å². The van der Waals surface area contributed by atoms with E-state index >= 15 is 0 Å². The molecule has 0 bridgehead atoms. The minimum atomic E-state index is -4.36. The number of allylic oxidation sites excluding steroid dienone is 13. The Morgan fingerprint density at radius 1 is 0.507 bits per heavy atom. The molecule has 0 aliphatic heterocycles. The summed E-state index contributed by atoms with van der Waals surface area (Å²) in [7, 11) is 1.54. The van der Waals surface area contributed by atoms with Crippen LogP contribution in [-0.4, -0.2) is 73.4 Å². The van der Waals surface area contributed by atoms with Gasteiger partial charge in [-0.1, -0.05) is 234 Å². The minimum Gasteiger partial charge on any atom is -0.387 e. The summed E-state index contributed by atoms with van der Waals surface area (Å²) in [5.74, 6) is -0.195. The minimum absolute atomic E-state index is 0.0499. The molecule has 0 aromatic carbocycles. The van der Waals surface area contributed by atoms with Gasteiger partial charge >= 0.3 is 7.82 Å². The molecule has 0 aromatic rings. The van der Waals surface area contributed by atoms with E-state index < -0.39 is 20.0 Å². The average molecular weight is 987 g/mol. The third kappa shape index (κ3) is 53.3. The maximum Gasteiger partial charge on any atom is 0.472 e. The van der Waals surface area contributed by atoms with Gasteiger partial charge in [-0.05, 0) is 83.5 Å². The fourth-order valence-electron chi connectivity index (χ4n) is 7.89. The number of phosphoric acid groups is 1. The molecule has 0 aromatic heterocycles. The van der Waals surface area contributed by atoms with Crippen molar-refractivity contribution in [2.24, 2.45) is 0 Å². The number of rotatable bonds is 51. The average Bonchev–Trinajstić information content (AvgIpc) is 3.31. The highest BCUT2D eigenvalue weighted by atomic mass is 31.2. The van der Waals surface area contributed by atoms with Crippen molar-refractivity contribution in [2.75, 3.05) is 40.9 Å². The molecule has 69 heavy (non-hydrogen) atoms. The normalized spacial score (nSPS) is 14.6. The SMILES string of the molecule is CC/C=C\C/C=C\C/C=C\C/C=C\CCCCCCCCCCCCCCC(=O)NC(COP(=O)(O)OCC[N+](C)(C)C)C(O)/C=C/CC/C=C/CC/C=C/CCCCCCCCCCCCCC. The van der Waals surface area contributed by atoms with Crippen molar-refractivity contribution in [1.29, 1.82) is 0 Å². The number of amides is 1. The van der Waals surface area contributed by atoms with Gasteiger partial charge in [0, 0.05) is 6.42 Å². The lowest BCUT2D eigenvalue weighted by Gasteiger charge is -2.25. The van der Waals surface area contributed by atoms with E-state index in [0.29, 0.717) is 17.4 Å². The number of unbranched alkanes of at least 4 members (excludes halogenated alkanes) is 26. The molecule has 9 heteroatoms. The van der Waals surface area contributed by atoms with Crippen molar-refractivity contribution in [2.45, 2.75) is 251 Å². The lowest BCUT2D eigenvalue weighted by molar-refractivity contribution is -0.870. The smallest absolute Gasteiger partial charge is 0.387 e. The van der Waals surface area contributed by atoms with Gasteiger partial charge in [0.05, 0.1) is 39.9 Å². The molecule has 0 radical (unpaired) electrons. The number of nitrogens with one attached hydrogen (secondary N) is 1. The lowest BCUT2D eigenvalue weighted by Crippen LogP contribution is -2.45. The number of hydrogen-bond donors (Lipinski definition) is 3. The summed E-state index contributed by atoms with van der Waals surface area (Å²) in [6.45, 7) is 4.68. The quantitative estimate of drug-likeness (QED) is 0.0243. The summed E-state index contributed by atoms with van der Waals surface area (Å²) in [4.78, 5) is 23.3. The summed E-state index contributed by atoms with van der Waals surface area (Å²) in [6, 6.07) is -0.876. The van der Waals surface area contributed by atoms with Crippen LogP contribution in [0.15, 0.2) is 85.1 Å². The Bertz CT molecular complexity index is 1400. The van der Waals surface area contributed by atoms with E-state index in [4.69, 9.17) is 9.05 Å². The van der Waals surface area contributed by atoms with Crippen LogP contribution in [0.1, 0.15) is 239 Å². The van der Waals surface area contributed by atoms with Gasteiger partial charge in [-0.3, -0.25) is 13.8 Å². The molecule has 3 N–H and O–H groups in total. The molecule has 400 valence electrons. The molecule has 3 atom stereocenters. The molecule has 0 saturated heterocycles. The largest absolute Gasteiger partial charge is 0.472 e. The second-order valence-electron chi connectivity index (χ2n) is 20.3. The Morgan fingerprint density at radius 3 is 1.33 bits per heavy atom. The molecular formula is C60H110N2O6P+. The fourth-order valence-corrected chi connectivity index (χ4v) is 8.62. The van der Waals surface area contributed by atoms with Gasteiger partial charge < -0.3 is 19.8 Å². The van der Waals surface area contributed by atoms with E-state index in [-0.39, 0.29) is 19.1 Å². The number of phosphoric ester groups is 1. The molecule has 0 spiro atoms. The van der Waals surface area contributed by atoms with Crippen molar-refractivity contribution >= 4 is 13.7 Å². The first-order chi connectivity index (χ1) is 33.5. The summed E-state index contributed by atoms with van der Waals surface area (Å²) in [5.41, 5.74) is 0. The van der Waals surface area contributed by atoms with Crippen LogP contribution in [-0.2, 0) is 18.4 Å². The Morgan fingerprint density at radius 2 is 0.884 bits per heavy atom. The molecule has 1 amide bonds. The van der Waals surface area contributed by atoms with Crippen LogP contribution in [0.5, 0.6) is 0 Å². The second kappa shape index (κ2) is 50.6. The van der Waals surface area contributed by atoms with Crippen molar-refractivity contribution < 1.29 is 32.9 Å². The molecule has 0 aliphatic carbocycles. The summed E-state index contributed by atoms with van der Waals surface area (Å²) >= 11 is 0. The third-order valence-corrected chi connectivity index (χ3v) is 13.3. The number of carbonyl (C=O) groups is 1. The molecular weight excluding hydrogens is 876 g/mol. The van der Waals surface area contributed by atoms with Gasteiger partial charge in [0.1, 0.15) is 13.2 Å². The van der Waals surface area contributed by atoms with Gasteiger partial charge in [0.25, 0.3) is 0 Å². The first kappa shape index (κ1) is 66.7. The predicted molar refractivity (Wildman–Crippen MR) is 299 cm³/mol. The van der Waals surface area contributed by atoms with Gasteiger partial charge in [-0.2, -0.15) is 0 Å². The second-order valence-corrected chi connectivity index (χ2v) is 21.7. The van der Waals surface area contributed by atoms with Crippen LogP contribution in [0.4, 0.5) is 0 Å². The van der Waals surface area contributed by atoms with Crippen LogP contribution in [0, 0.1) is 0 Å². The van der Waals surface area contributed by atoms with Crippen LogP contribution < -0.4 is 5.32 Å². The summed E-state index contributed by atoms with van der Waals surface area (Å²) in [6.07, 6.45) is 71.1. The molecule has 0 rings (SSSR count). The predicted octanol–water partition coefficient (Wildman–Crippen LogP) is 17.3. The summed E-state index contributed by atoms with van der Waals surface area (Å²) in [5, 5.41) is 13.9. The Hall–Kier alpha value is -2.32. The zero-order chi connectivity index (χ0) is 50.6. The molecule has 0 saturated carbocycles. The van der Waals surface area contributed by atoms with E-state index in [1.807, 2.05) is 27.2 Å². The first-order valence-electron chi connectivity index (χ1n) is 28.5. The zero-order valence-corrected chi connectivity index (χ0v) is 46.4. The van der Waals surface area contributed by atoms with Gasteiger partial charge in [0.15, 0.2) is 0 Å². The first-order valence-corrected chi connectivity index (χ1v) is 30.0. The molecule has 0 aliphatic rings. The lowest BCUT2D eigenvalue weighted by atomic mass is 10.0. The molecule has 0 fully saturated rings. The zero-order valence-electron chi connectivity index (χ0n) is 45.5. The highest BCUT2D eigenvalue weighted by Crippen LogP contribution is 2.43. The Balaban J connectivity index is 4.30. The highest BCUT2D eigenvalue weighted by Gasteiger charge is 2.27. The van der Waals surface area contributed by atoms with Crippen LogP contribution in [0.2, 0.25) is 0 Å².